The van der Waals surface area contributed by atoms with Crippen LogP contribution in [0, 0.1) is 14.9 Å². The van der Waals surface area contributed by atoms with Crippen LogP contribution in [-0.2, 0) is 17.9 Å². The van der Waals surface area contributed by atoms with Crippen molar-refractivity contribution in [2.75, 3.05) is 21.3 Å². The Hall–Kier alpha value is -3.71. The van der Waals surface area contributed by atoms with Crippen molar-refractivity contribution in [3.05, 3.63) is 86.5 Å². The van der Waals surface area contributed by atoms with Gasteiger partial charge in [-0.15, -0.1) is 0 Å². The smallest absolute Gasteiger partial charge is 0.262 e. The summed E-state index contributed by atoms with van der Waals surface area (Å²) in [4.78, 5) is 12.7. The number of benzene rings is 3. The lowest BCUT2D eigenvalue weighted by atomic mass is 10.1. The minimum atomic E-state index is -0.497. The fourth-order valence-corrected chi connectivity index (χ4v) is 4.06. The fourth-order valence-electron chi connectivity index (χ4n) is 3.28. The number of ether oxygens (including phenoxy) is 4. The maximum absolute atomic E-state index is 12.7. The summed E-state index contributed by atoms with van der Waals surface area (Å²) in [6, 6.07) is 20.7. The van der Waals surface area contributed by atoms with E-state index in [4.69, 9.17) is 18.9 Å². The molecule has 0 heterocycles. The van der Waals surface area contributed by atoms with Gasteiger partial charge < -0.3 is 24.3 Å². The van der Waals surface area contributed by atoms with Crippen LogP contribution in [0.2, 0.25) is 0 Å². The molecule has 35 heavy (non-hydrogen) atoms. The molecule has 0 radical (unpaired) electrons. The van der Waals surface area contributed by atoms with Gasteiger partial charge in [-0.25, -0.2) is 0 Å². The summed E-state index contributed by atoms with van der Waals surface area (Å²) >= 11 is 2.15. The van der Waals surface area contributed by atoms with Gasteiger partial charge in [-0.2, -0.15) is 5.26 Å². The third-order valence-corrected chi connectivity index (χ3v) is 5.89. The third-order valence-electron chi connectivity index (χ3n) is 5.09. The summed E-state index contributed by atoms with van der Waals surface area (Å²) in [6.07, 6.45) is 1.52. The van der Waals surface area contributed by atoms with Crippen LogP contribution in [0.5, 0.6) is 23.0 Å². The Morgan fingerprint density at radius 3 is 2.40 bits per heavy atom. The molecule has 3 aromatic carbocycles. The Morgan fingerprint density at radius 1 is 1.00 bits per heavy atom. The molecule has 180 valence electrons. The summed E-state index contributed by atoms with van der Waals surface area (Å²) in [5.41, 5.74) is 2.40. The van der Waals surface area contributed by atoms with Crippen molar-refractivity contribution in [2.24, 2.45) is 0 Å². The highest BCUT2D eigenvalue weighted by atomic mass is 127. The first-order valence-electron chi connectivity index (χ1n) is 10.6. The molecule has 0 aliphatic rings. The number of methoxy groups -OCH3 is 3. The molecule has 0 aliphatic carbocycles. The molecule has 0 spiro atoms. The molecule has 0 atom stereocenters. The number of nitriles is 1. The van der Waals surface area contributed by atoms with Gasteiger partial charge in [-0.05, 0) is 64.1 Å². The number of hydrogen-bond acceptors (Lipinski definition) is 6. The van der Waals surface area contributed by atoms with Gasteiger partial charge >= 0.3 is 0 Å². The SMILES string of the molecule is COc1ccc(CNC(=O)/C(C#N)=C/c2cc(I)c(OCc3ccccc3)c(OC)c2)c(OC)c1. The van der Waals surface area contributed by atoms with Crippen molar-refractivity contribution in [3.8, 4) is 29.1 Å². The second-order valence-electron chi connectivity index (χ2n) is 7.34. The normalized spacial score (nSPS) is 10.8. The molecule has 1 N–H and O–H groups in total. The minimum absolute atomic E-state index is 0.0340. The van der Waals surface area contributed by atoms with Gasteiger partial charge in [-0.3, -0.25) is 4.79 Å². The average Bonchev–Trinajstić information content (AvgIpc) is 2.89. The number of carbonyl (C=O) groups excluding carboxylic acids is 1. The molecule has 0 saturated carbocycles. The molecule has 7 nitrogen and oxygen atoms in total. The Bertz CT molecular complexity index is 1250. The quantitative estimate of drug-likeness (QED) is 0.202. The summed E-state index contributed by atoms with van der Waals surface area (Å²) in [5, 5.41) is 12.4. The molecule has 0 aromatic heterocycles. The third kappa shape index (κ3) is 6.90. The maximum Gasteiger partial charge on any atom is 0.262 e. The monoisotopic (exact) mass is 584 g/mol. The lowest BCUT2D eigenvalue weighted by Gasteiger charge is -2.14. The molecule has 0 fully saturated rings. The topological polar surface area (TPSA) is 89.8 Å². The van der Waals surface area contributed by atoms with Gasteiger partial charge in [0.2, 0.25) is 0 Å². The van der Waals surface area contributed by atoms with Crippen molar-refractivity contribution >= 4 is 34.6 Å². The molecule has 1 amide bonds. The predicted molar refractivity (Wildman–Crippen MR) is 141 cm³/mol. The molecular weight excluding hydrogens is 559 g/mol. The average molecular weight is 584 g/mol. The van der Waals surface area contributed by atoms with Crippen LogP contribution >= 0.6 is 22.6 Å². The van der Waals surface area contributed by atoms with Crippen LogP contribution in [0.4, 0.5) is 0 Å². The van der Waals surface area contributed by atoms with E-state index in [1.807, 2.05) is 42.5 Å². The maximum atomic E-state index is 12.7. The summed E-state index contributed by atoms with van der Waals surface area (Å²) in [6.45, 7) is 0.585. The van der Waals surface area contributed by atoms with Gasteiger partial charge in [0.25, 0.3) is 5.91 Å². The van der Waals surface area contributed by atoms with E-state index in [0.29, 0.717) is 35.2 Å². The summed E-state index contributed by atoms with van der Waals surface area (Å²) in [7, 11) is 4.66. The first-order valence-corrected chi connectivity index (χ1v) is 11.7. The van der Waals surface area contributed by atoms with E-state index in [9.17, 15) is 10.1 Å². The Kier molecular flexibility index (Phi) is 9.38. The zero-order valence-corrected chi connectivity index (χ0v) is 21.8. The summed E-state index contributed by atoms with van der Waals surface area (Å²) < 4.78 is 22.9. The van der Waals surface area contributed by atoms with Gasteiger partial charge in [0.15, 0.2) is 11.5 Å². The zero-order chi connectivity index (χ0) is 25.2. The molecule has 0 saturated heterocycles. The number of amides is 1. The second kappa shape index (κ2) is 12.7. The number of hydrogen-bond donors (Lipinski definition) is 1. The van der Waals surface area contributed by atoms with E-state index >= 15 is 0 Å². The molecule has 8 heteroatoms. The van der Waals surface area contributed by atoms with Crippen molar-refractivity contribution in [1.82, 2.24) is 5.32 Å². The van der Waals surface area contributed by atoms with Crippen molar-refractivity contribution in [3.63, 3.8) is 0 Å². The number of rotatable bonds is 10. The fraction of sp³-hybridized carbons (Fsp3) is 0.185. The highest BCUT2D eigenvalue weighted by molar-refractivity contribution is 14.1. The second-order valence-corrected chi connectivity index (χ2v) is 8.50. The highest BCUT2D eigenvalue weighted by Gasteiger charge is 2.15. The zero-order valence-electron chi connectivity index (χ0n) is 19.6. The summed E-state index contributed by atoms with van der Waals surface area (Å²) in [5.74, 6) is 1.85. The van der Waals surface area contributed by atoms with Crippen LogP contribution in [0.3, 0.4) is 0 Å². The van der Waals surface area contributed by atoms with Crippen molar-refractivity contribution < 1.29 is 23.7 Å². The lowest BCUT2D eigenvalue weighted by molar-refractivity contribution is -0.117. The van der Waals surface area contributed by atoms with Gasteiger partial charge in [0.05, 0.1) is 24.9 Å². The van der Waals surface area contributed by atoms with E-state index in [0.717, 1.165) is 14.7 Å². The van der Waals surface area contributed by atoms with Crippen LogP contribution < -0.4 is 24.3 Å². The van der Waals surface area contributed by atoms with Gasteiger partial charge in [0, 0.05) is 18.2 Å². The van der Waals surface area contributed by atoms with E-state index in [1.165, 1.54) is 6.08 Å². The van der Waals surface area contributed by atoms with E-state index in [-0.39, 0.29) is 12.1 Å². The largest absolute Gasteiger partial charge is 0.497 e. The van der Waals surface area contributed by atoms with Crippen molar-refractivity contribution in [2.45, 2.75) is 13.2 Å². The van der Waals surface area contributed by atoms with Gasteiger partial charge in [0.1, 0.15) is 29.7 Å². The van der Waals surface area contributed by atoms with E-state index < -0.39 is 5.91 Å². The van der Waals surface area contributed by atoms with Crippen LogP contribution in [0.1, 0.15) is 16.7 Å². The van der Waals surface area contributed by atoms with E-state index in [1.54, 1.807) is 45.6 Å². The number of halogens is 1. The molecular formula is C27H25IN2O5. The molecule has 0 unspecified atom stereocenters. The van der Waals surface area contributed by atoms with E-state index in [2.05, 4.69) is 27.9 Å². The standard InChI is InChI=1S/C27H25IN2O5/c1-32-22-10-9-20(24(14-22)33-2)16-30-27(31)21(15-29)11-19-12-23(28)26(25(13-19)34-3)35-17-18-7-5-4-6-8-18/h4-14H,16-17H2,1-3H3,(H,30,31)/b21-11+. The Balaban J connectivity index is 1.75. The van der Waals surface area contributed by atoms with Crippen LogP contribution in [-0.4, -0.2) is 27.2 Å². The number of carbonyl (C=O) groups is 1. The minimum Gasteiger partial charge on any atom is -0.497 e. The van der Waals surface area contributed by atoms with Crippen LogP contribution in [0.25, 0.3) is 6.08 Å². The molecule has 0 bridgehead atoms. The first-order chi connectivity index (χ1) is 17.0. The first kappa shape index (κ1) is 25.9. The highest BCUT2D eigenvalue weighted by Crippen LogP contribution is 2.35. The predicted octanol–water partition coefficient (Wildman–Crippen LogP) is 5.12. The van der Waals surface area contributed by atoms with Gasteiger partial charge in [-0.1, -0.05) is 30.3 Å². The Labute approximate surface area is 218 Å². The molecule has 3 aromatic rings. The molecule has 0 aliphatic heterocycles. The lowest BCUT2D eigenvalue weighted by Crippen LogP contribution is -2.24. The number of nitrogens with one attached hydrogen (secondary N) is 1. The van der Waals surface area contributed by atoms with Crippen LogP contribution in [0.15, 0.2) is 66.2 Å². The van der Waals surface area contributed by atoms with Crippen molar-refractivity contribution in [1.29, 1.82) is 5.26 Å². The number of nitrogens with zero attached hydrogens (tertiary/aromatic N) is 1. The Morgan fingerprint density at radius 2 is 1.74 bits per heavy atom. The molecule has 3 rings (SSSR count).